The Labute approximate surface area is 135 Å². The van der Waals surface area contributed by atoms with Crippen LogP contribution in [0.1, 0.15) is 28.9 Å². The van der Waals surface area contributed by atoms with E-state index in [4.69, 9.17) is 4.74 Å². The number of ether oxygens (including phenoxy) is 1. The molecule has 5 nitrogen and oxygen atoms in total. The van der Waals surface area contributed by atoms with Gasteiger partial charge in [-0.3, -0.25) is 4.79 Å². The average Bonchev–Trinajstić information content (AvgIpc) is 3.13. The van der Waals surface area contributed by atoms with Crippen LogP contribution in [0.25, 0.3) is 0 Å². The van der Waals surface area contributed by atoms with Crippen molar-refractivity contribution in [2.75, 3.05) is 0 Å². The number of carbonyl (C=O) groups is 1. The van der Waals surface area contributed by atoms with E-state index in [9.17, 15) is 4.79 Å². The lowest BCUT2D eigenvalue weighted by Crippen LogP contribution is -2.46. The molecule has 0 saturated carbocycles. The highest BCUT2D eigenvalue weighted by Gasteiger charge is 2.31. The molecule has 1 aromatic carbocycles. The van der Waals surface area contributed by atoms with Crippen molar-refractivity contribution in [3.8, 4) is 5.75 Å². The molecule has 1 N–H and O–H groups in total. The number of fused-ring (bicyclic) bond motifs is 2. The molecule has 4 rings (SSSR count). The smallest absolute Gasteiger partial charge is 0.261 e. The van der Waals surface area contributed by atoms with Crippen molar-refractivity contribution >= 4 is 5.91 Å². The molecule has 5 heteroatoms. The topological polar surface area (TPSA) is 56.1 Å². The van der Waals surface area contributed by atoms with E-state index in [-0.39, 0.29) is 11.9 Å². The lowest BCUT2D eigenvalue weighted by Gasteiger charge is -2.25. The molecule has 1 amide bonds. The minimum absolute atomic E-state index is 0.00919. The molecule has 120 valence electrons. The molecule has 1 aromatic heterocycles. The van der Waals surface area contributed by atoms with E-state index in [1.54, 1.807) is 0 Å². The van der Waals surface area contributed by atoms with Crippen LogP contribution in [0.15, 0.2) is 24.5 Å². The second kappa shape index (κ2) is 5.41. The molecule has 2 atom stereocenters. The molecule has 0 aliphatic carbocycles. The highest BCUT2D eigenvalue weighted by atomic mass is 16.5. The summed E-state index contributed by atoms with van der Waals surface area (Å²) in [6.45, 7) is 4.95. The van der Waals surface area contributed by atoms with Crippen molar-refractivity contribution in [2.45, 2.75) is 51.8 Å². The van der Waals surface area contributed by atoms with Gasteiger partial charge in [-0.15, -0.1) is 0 Å². The van der Waals surface area contributed by atoms with Gasteiger partial charge >= 0.3 is 0 Å². The SMILES string of the molecule is Cc1cc2c(cc1C)O[C@@H](C(=O)N[C@H]1CCc3nccn3C1)C2. The number of hydrogen-bond donors (Lipinski definition) is 1. The number of nitrogens with zero attached hydrogens (tertiary/aromatic N) is 2. The number of aromatic nitrogens is 2. The number of nitrogens with one attached hydrogen (secondary N) is 1. The third kappa shape index (κ3) is 2.60. The maximum atomic E-state index is 12.5. The average molecular weight is 311 g/mol. The molecular formula is C18H21N3O2. The highest BCUT2D eigenvalue weighted by molar-refractivity contribution is 5.82. The van der Waals surface area contributed by atoms with Crippen LogP contribution in [0, 0.1) is 13.8 Å². The fourth-order valence-electron chi connectivity index (χ4n) is 3.44. The van der Waals surface area contributed by atoms with E-state index in [1.165, 1.54) is 11.1 Å². The Hall–Kier alpha value is -2.30. The number of amides is 1. The van der Waals surface area contributed by atoms with Crippen molar-refractivity contribution in [3.05, 3.63) is 47.0 Å². The molecule has 2 aliphatic rings. The molecule has 2 aliphatic heterocycles. The third-order valence-corrected chi connectivity index (χ3v) is 4.93. The number of rotatable bonds is 2. The van der Waals surface area contributed by atoms with Crippen molar-refractivity contribution in [3.63, 3.8) is 0 Å². The van der Waals surface area contributed by atoms with Crippen LogP contribution in [0.3, 0.4) is 0 Å². The molecule has 3 heterocycles. The van der Waals surface area contributed by atoms with Crippen molar-refractivity contribution < 1.29 is 9.53 Å². The number of imidazole rings is 1. The van der Waals surface area contributed by atoms with Gasteiger partial charge < -0.3 is 14.6 Å². The molecular weight excluding hydrogens is 290 g/mol. The van der Waals surface area contributed by atoms with Crippen LogP contribution < -0.4 is 10.1 Å². The lowest BCUT2D eigenvalue weighted by molar-refractivity contribution is -0.128. The summed E-state index contributed by atoms with van der Waals surface area (Å²) in [5.74, 6) is 1.95. The van der Waals surface area contributed by atoms with E-state index in [2.05, 4.69) is 34.8 Å². The van der Waals surface area contributed by atoms with E-state index < -0.39 is 6.10 Å². The predicted molar refractivity (Wildman–Crippen MR) is 86.5 cm³/mol. The third-order valence-electron chi connectivity index (χ3n) is 4.93. The molecule has 0 unspecified atom stereocenters. The molecule has 0 saturated heterocycles. The second-order valence-corrected chi connectivity index (χ2v) is 6.59. The fourth-order valence-corrected chi connectivity index (χ4v) is 3.44. The fraction of sp³-hybridized carbons (Fsp3) is 0.444. The summed E-state index contributed by atoms with van der Waals surface area (Å²) in [5.41, 5.74) is 3.58. The number of aryl methyl sites for hydroxylation is 3. The molecule has 23 heavy (non-hydrogen) atoms. The monoisotopic (exact) mass is 311 g/mol. The van der Waals surface area contributed by atoms with E-state index in [0.29, 0.717) is 6.42 Å². The quantitative estimate of drug-likeness (QED) is 0.922. The van der Waals surface area contributed by atoms with Gasteiger partial charge in [0.05, 0.1) is 0 Å². The van der Waals surface area contributed by atoms with Gasteiger partial charge in [-0.25, -0.2) is 4.98 Å². The van der Waals surface area contributed by atoms with Crippen molar-refractivity contribution in [2.24, 2.45) is 0 Å². The number of hydrogen-bond acceptors (Lipinski definition) is 3. The molecule has 0 fully saturated rings. The van der Waals surface area contributed by atoms with Gasteiger partial charge in [0, 0.05) is 37.8 Å². The largest absolute Gasteiger partial charge is 0.480 e. The van der Waals surface area contributed by atoms with Crippen LogP contribution in [-0.4, -0.2) is 27.6 Å². The summed E-state index contributed by atoms with van der Waals surface area (Å²) in [6.07, 6.45) is 5.88. The van der Waals surface area contributed by atoms with Crippen LogP contribution in [0.5, 0.6) is 5.75 Å². The van der Waals surface area contributed by atoms with E-state index >= 15 is 0 Å². The van der Waals surface area contributed by atoms with Gasteiger partial charge in [0.15, 0.2) is 6.10 Å². The number of benzene rings is 1. The first-order valence-corrected chi connectivity index (χ1v) is 8.17. The van der Waals surface area contributed by atoms with Crippen LogP contribution >= 0.6 is 0 Å². The zero-order chi connectivity index (χ0) is 16.0. The van der Waals surface area contributed by atoms with Gasteiger partial charge in [0.1, 0.15) is 11.6 Å². The van der Waals surface area contributed by atoms with Crippen LogP contribution in [0.4, 0.5) is 0 Å². The van der Waals surface area contributed by atoms with Gasteiger partial charge in [0.25, 0.3) is 5.91 Å². The predicted octanol–water partition coefficient (Wildman–Crippen LogP) is 1.93. The van der Waals surface area contributed by atoms with Gasteiger partial charge in [0.2, 0.25) is 0 Å². The van der Waals surface area contributed by atoms with Crippen molar-refractivity contribution in [1.29, 1.82) is 0 Å². The minimum atomic E-state index is -0.407. The van der Waals surface area contributed by atoms with Crippen LogP contribution in [0.2, 0.25) is 0 Å². The lowest BCUT2D eigenvalue weighted by atomic mass is 10.0. The Morgan fingerprint density at radius 2 is 2.17 bits per heavy atom. The minimum Gasteiger partial charge on any atom is -0.480 e. The van der Waals surface area contributed by atoms with E-state index in [0.717, 1.165) is 36.5 Å². The summed E-state index contributed by atoms with van der Waals surface area (Å²) >= 11 is 0. The maximum Gasteiger partial charge on any atom is 0.261 e. The Morgan fingerprint density at radius 1 is 1.35 bits per heavy atom. The van der Waals surface area contributed by atoms with Gasteiger partial charge in [-0.05, 0) is 43.0 Å². The summed E-state index contributed by atoms with van der Waals surface area (Å²) in [7, 11) is 0. The molecule has 0 radical (unpaired) electrons. The van der Waals surface area contributed by atoms with Gasteiger partial charge in [-0.1, -0.05) is 6.07 Å². The molecule has 0 spiro atoms. The Bertz CT molecular complexity index is 735. The Balaban J connectivity index is 1.41. The zero-order valence-electron chi connectivity index (χ0n) is 13.5. The first-order chi connectivity index (χ1) is 11.1. The van der Waals surface area contributed by atoms with Crippen LogP contribution in [-0.2, 0) is 24.2 Å². The summed E-state index contributed by atoms with van der Waals surface area (Å²) in [4.78, 5) is 16.9. The normalized spacial score (nSPS) is 22.2. The zero-order valence-corrected chi connectivity index (χ0v) is 13.5. The standard InChI is InChI=1S/C18H21N3O2/c1-11-7-13-9-16(23-15(13)8-12(11)2)18(22)20-14-3-4-17-19-5-6-21(17)10-14/h5-8,14,16H,3-4,9-10H2,1-2H3,(H,20,22)/t14-,16+/m0/s1. The first-order valence-electron chi connectivity index (χ1n) is 8.17. The summed E-state index contributed by atoms with van der Waals surface area (Å²) < 4.78 is 7.99. The maximum absolute atomic E-state index is 12.5. The number of carbonyl (C=O) groups excluding carboxylic acids is 1. The van der Waals surface area contributed by atoms with Gasteiger partial charge in [-0.2, -0.15) is 0 Å². The Kier molecular flexibility index (Phi) is 3.36. The highest BCUT2D eigenvalue weighted by Crippen LogP contribution is 2.31. The molecule has 2 aromatic rings. The Morgan fingerprint density at radius 3 is 3.04 bits per heavy atom. The second-order valence-electron chi connectivity index (χ2n) is 6.59. The summed E-state index contributed by atoms with van der Waals surface area (Å²) in [6, 6.07) is 4.33. The summed E-state index contributed by atoms with van der Waals surface area (Å²) in [5, 5.41) is 3.14. The van der Waals surface area contributed by atoms with Crippen molar-refractivity contribution in [1.82, 2.24) is 14.9 Å². The van der Waals surface area contributed by atoms with E-state index in [1.807, 2.05) is 18.5 Å². The molecule has 0 bridgehead atoms. The first kappa shape index (κ1) is 14.3.